The summed E-state index contributed by atoms with van der Waals surface area (Å²) in [5.74, 6) is -0.356. The molecule has 2 fully saturated rings. The number of fused-ring (bicyclic) bond motifs is 1. The smallest absolute Gasteiger partial charge is 0.325 e. The Labute approximate surface area is 187 Å². The standard InChI is InChI=1S/C24H29N5O3/c30-21(12-15-28-22(31)24(26-23(28)32)13-5-2-6-14-24)25-16-19-18-10-7-11-20(18)29(27-19)17-8-3-1-4-9-17/h1,3-4,8-9H,2,5-7,10-16H2,(H,25,30)(H,26,32). The molecule has 3 aliphatic rings. The number of carbonyl (C=O) groups excluding carboxylic acids is 3. The van der Waals surface area contributed by atoms with E-state index in [1.54, 1.807) is 0 Å². The highest BCUT2D eigenvalue weighted by atomic mass is 16.2. The van der Waals surface area contributed by atoms with Crippen molar-refractivity contribution in [3.63, 3.8) is 0 Å². The van der Waals surface area contributed by atoms with E-state index in [9.17, 15) is 14.4 Å². The van der Waals surface area contributed by atoms with E-state index >= 15 is 0 Å². The van der Waals surface area contributed by atoms with Gasteiger partial charge >= 0.3 is 6.03 Å². The van der Waals surface area contributed by atoms with Crippen molar-refractivity contribution in [3.8, 4) is 5.69 Å². The highest BCUT2D eigenvalue weighted by Gasteiger charge is 2.51. The number of benzene rings is 1. The Morgan fingerprint density at radius 1 is 1.06 bits per heavy atom. The molecule has 32 heavy (non-hydrogen) atoms. The molecule has 168 valence electrons. The fraction of sp³-hybridized carbons (Fsp3) is 0.500. The van der Waals surface area contributed by atoms with Gasteiger partial charge in [0.05, 0.1) is 17.9 Å². The molecule has 1 aromatic carbocycles. The first-order valence-electron chi connectivity index (χ1n) is 11.6. The number of amides is 4. The predicted molar refractivity (Wildman–Crippen MR) is 118 cm³/mol. The molecule has 4 amide bonds. The van der Waals surface area contributed by atoms with Crippen LogP contribution in [0.3, 0.4) is 0 Å². The van der Waals surface area contributed by atoms with Crippen molar-refractivity contribution in [1.82, 2.24) is 25.3 Å². The first-order chi connectivity index (χ1) is 15.6. The quantitative estimate of drug-likeness (QED) is 0.682. The second-order valence-electron chi connectivity index (χ2n) is 9.03. The molecule has 1 saturated heterocycles. The van der Waals surface area contributed by atoms with Gasteiger partial charge in [0.25, 0.3) is 5.91 Å². The van der Waals surface area contributed by atoms with Gasteiger partial charge in [0.15, 0.2) is 0 Å². The third-order valence-corrected chi connectivity index (χ3v) is 6.98. The van der Waals surface area contributed by atoms with Crippen molar-refractivity contribution in [1.29, 1.82) is 0 Å². The summed E-state index contributed by atoms with van der Waals surface area (Å²) < 4.78 is 1.99. The molecule has 0 atom stereocenters. The molecule has 1 aliphatic heterocycles. The summed E-state index contributed by atoms with van der Waals surface area (Å²) in [7, 11) is 0. The van der Waals surface area contributed by atoms with Crippen LogP contribution in [0.5, 0.6) is 0 Å². The molecule has 1 aromatic heterocycles. The van der Waals surface area contributed by atoms with E-state index in [0.29, 0.717) is 19.4 Å². The first-order valence-corrected chi connectivity index (χ1v) is 11.6. The maximum absolute atomic E-state index is 12.8. The Hall–Kier alpha value is -3.16. The van der Waals surface area contributed by atoms with Crippen molar-refractivity contribution in [2.45, 2.75) is 69.9 Å². The van der Waals surface area contributed by atoms with Gasteiger partial charge in [0, 0.05) is 18.7 Å². The molecular weight excluding hydrogens is 406 g/mol. The number of rotatable bonds is 6. The highest BCUT2D eigenvalue weighted by molar-refractivity contribution is 6.07. The topological polar surface area (TPSA) is 96.3 Å². The summed E-state index contributed by atoms with van der Waals surface area (Å²) in [4.78, 5) is 38.9. The highest BCUT2D eigenvalue weighted by Crippen LogP contribution is 2.33. The summed E-state index contributed by atoms with van der Waals surface area (Å²) in [6.07, 6.45) is 7.51. The Morgan fingerprint density at radius 3 is 2.62 bits per heavy atom. The lowest BCUT2D eigenvalue weighted by molar-refractivity contribution is -0.132. The van der Waals surface area contributed by atoms with Crippen LogP contribution in [0, 0.1) is 0 Å². The van der Waals surface area contributed by atoms with Gasteiger partial charge in [-0.25, -0.2) is 9.48 Å². The Kier molecular flexibility index (Phi) is 5.45. The van der Waals surface area contributed by atoms with Crippen molar-refractivity contribution >= 4 is 17.8 Å². The average molecular weight is 436 g/mol. The van der Waals surface area contributed by atoms with Gasteiger partial charge in [-0.1, -0.05) is 37.5 Å². The maximum Gasteiger partial charge on any atom is 0.325 e. The van der Waals surface area contributed by atoms with Crippen molar-refractivity contribution in [3.05, 3.63) is 47.3 Å². The van der Waals surface area contributed by atoms with Crippen molar-refractivity contribution in [2.75, 3.05) is 6.54 Å². The van der Waals surface area contributed by atoms with Crippen LogP contribution in [0.4, 0.5) is 4.79 Å². The average Bonchev–Trinajstić information content (AvgIpc) is 3.47. The molecule has 1 saturated carbocycles. The molecule has 1 spiro atoms. The lowest BCUT2D eigenvalue weighted by Gasteiger charge is -2.30. The Balaban J connectivity index is 1.19. The van der Waals surface area contributed by atoms with Gasteiger partial charge in [0.1, 0.15) is 5.54 Å². The van der Waals surface area contributed by atoms with E-state index < -0.39 is 5.54 Å². The molecular formula is C24H29N5O3. The molecule has 2 heterocycles. The van der Waals surface area contributed by atoms with E-state index in [1.165, 1.54) is 16.2 Å². The number of hydrogen-bond donors (Lipinski definition) is 2. The van der Waals surface area contributed by atoms with E-state index in [-0.39, 0.29) is 30.8 Å². The fourth-order valence-electron chi connectivity index (χ4n) is 5.30. The van der Waals surface area contributed by atoms with Crippen LogP contribution < -0.4 is 10.6 Å². The van der Waals surface area contributed by atoms with Gasteiger partial charge in [-0.3, -0.25) is 14.5 Å². The van der Waals surface area contributed by atoms with Crippen LogP contribution in [-0.2, 0) is 29.0 Å². The number of para-hydroxylation sites is 1. The van der Waals surface area contributed by atoms with Crippen molar-refractivity contribution < 1.29 is 14.4 Å². The van der Waals surface area contributed by atoms with Gasteiger partial charge < -0.3 is 10.6 Å². The van der Waals surface area contributed by atoms with E-state index in [2.05, 4.69) is 10.6 Å². The molecule has 5 rings (SSSR count). The summed E-state index contributed by atoms with van der Waals surface area (Å²) >= 11 is 0. The van der Waals surface area contributed by atoms with Crippen LogP contribution in [0.15, 0.2) is 30.3 Å². The normalized spacial score (nSPS) is 19.3. The summed E-state index contributed by atoms with van der Waals surface area (Å²) in [5, 5.41) is 10.6. The molecule has 0 radical (unpaired) electrons. The number of hydrogen-bond acceptors (Lipinski definition) is 4. The minimum atomic E-state index is -0.739. The molecule has 0 unspecified atom stereocenters. The second-order valence-corrected chi connectivity index (χ2v) is 9.03. The fourth-order valence-corrected chi connectivity index (χ4v) is 5.30. The Bertz CT molecular complexity index is 1040. The number of aromatic nitrogens is 2. The van der Waals surface area contributed by atoms with E-state index in [4.69, 9.17) is 5.10 Å². The van der Waals surface area contributed by atoms with Crippen molar-refractivity contribution in [2.24, 2.45) is 0 Å². The lowest BCUT2D eigenvalue weighted by Crippen LogP contribution is -2.48. The number of imide groups is 1. The zero-order chi connectivity index (χ0) is 22.1. The number of nitrogens with zero attached hydrogens (tertiary/aromatic N) is 3. The third-order valence-electron chi connectivity index (χ3n) is 6.98. The van der Waals surface area contributed by atoms with E-state index in [1.807, 2.05) is 35.0 Å². The maximum atomic E-state index is 12.8. The summed E-state index contributed by atoms with van der Waals surface area (Å²) in [6.45, 7) is 0.458. The predicted octanol–water partition coefficient (Wildman–Crippen LogP) is 2.62. The molecule has 0 bridgehead atoms. The van der Waals surface area contributed by atoms with Crippen LogP contribution >= 0.6 is 0 Å². The number of carbonyl (C=O) groups is 3. The molecule has 8 heteroatoms. The van der Waals surface area contributed by atoms with Crippen LogP contribution in [0.2, 0.25) is 0 Å². The van der Waals surface area contributed by atoms with Gasteiger partial charge in [-0.05, 0) is 49.8 Å². The molecule has 2 N–H and O–H groups in total. The first kappa shape index (κ1) is 20.7. The number of urea groups is 1. The largest absolute Gasteiger partial charge is 0.350 e. The van der Waals surface area contributed by atoms with Crippen LogP contribution in [-0.4, -0.2) is 44.6 Å². The van der Waals surface area contributed by atoms with Crippen LogP contribution in [0.25, 0.3) is 5.69 Å². The molecule has 8 nitrogen and oxygen atoms in total. The minimum absolute atomic E-state index is 0.0941. The lowest BCUT2D eigenvalue weighted by atomic mass is 9.82. The SMILES string of the molecule is O=C(CCN1C(=O)NC2(CCCCC2)C1=O)NCc1nn(-c2ccccc2)c2c1CCC2. The second kappa shape index (κ2) is 8.41. The van der Waals surface area contributed by atoms with Gasteiger partial charge in [0.2, 0.25) is 5.91 Å². The summed E-state index contributed by atoms with van der Waals surface area (Å²) in [5.41, 5.74) is 3.63. The summed E-state index contributed by atoms with van der Waals surface area (Å²) in [6, 6.07) is 9.66. The third kappa shape index (κ3) is 3.67. The van der Waals surface area contributed by atoms with Gasteiger partial charge in [-0.2, -0.15) is 5.10 Å². The molecule has 2 aliphatic carbocycles. The zero-order valence-corrected chi connectivity index (χ0v) is 18.2. The Morgan fingerprint density at radius 2 is 1.84 bits per heavy atom. The zero-order valence-electron chi connectivity index (χ0n) is 18.2. The molecule has 2 aromatic rings. The van der Waals surface area contributed by atoms with Gasteiger partial charge in [-0.15, -0.1) is 0 Å². The van der Waals surface area contributed by atoms with Crippen LogP contribution in [0.1, 0.15) is 61.9 Å². The number of nitrogens with one attached hydrogen (secondary N) is 2. The minimum Gasteiger partial charge on any atom is -0.350 e. The van der Waals surface area contributed by atoms with E-state index in [0.717, 1.165) is 49.9 Å². The monoisotopic (exact) mass is 435 g/mol.